The lowest BCUT2D eigenvalue weighted by Gasteiger charge is -2.34. The minimum atomic E-state index is 0.219. The van der Waals surface area contributed by atoms with E-state index in [1.54, 1.807) is 0 Å². The van der Waals surface area contributed by atoms with Gasteiger partial charge in [0.1, 0.15) is 5.82 Å². The Hall–Kier alpha value is -1.92. The van der Waals surface area contributed by atoms with Crippen LogP contribution in [0.2, 0.25) is 0 Å². The second-order valence-electron chi connectivity index (χ2n) is 5.19. The predicted octanol–water partition coefficient (Wildman–Crippen LogP) is 0.786. The molecule has 1 saturated heterocycles. The summed E-state index contributed by atoms with van der Waals surface area (Å²) in [5.74, 6) is 1.65. The van der Waals surface area contributed by atoms with Gasteiger partial charge < -0.3 is 15.3 Å². The molecule has 112 valence electrons. The number of hydrogen-bond donors (Lipinski definition) is 2. The lowest BCUT2D eigenvalue weighted by molar-refractivity contribution is 0.188. The first-order chi connectivity index (χ1) is 10.3. The van der Waals surface area contributed by atoms with Crippen molar-refractivity contribution in [2.24, 2.45) is 0 Å². The number of rotatable bonds is 4. The normalized spacial score (nSPS) is 16.4. The van der Waals surface area contributed by atoms with Gasteiger partial charge in [-0.05, 0) is 12.1 Å². The molecule has 0 radical (unpaired) electrons. The summed E-state index contributed by atoms with van der Waals surface area (Å²) in [5.41, 5.74) is 0.963. The van der Waals surface area contributed by atoms with Gasteiger partial charge in [-0.1, -0.05) is 12.1 Å². The summed E-state index contributed by atoms with van der Waals surface area (Å²) in [4.78, 5) is 13.8. The van der Waals surface area contributed by atoms with Crippen molar-refractivity contribution in [3.05, 3.63) is 24.3 Å². The molecule has 0 unspecified atom stereocenters. The van der Waals surface area contributed by atoms with Crippen LogP contribution in [0.4, 0.5) is 11.8 Å². The summed E-state index contributed by atoms with van der Waals surface area (Å²) < 4.78 is 0. The smallest absolute Gasteiger partial charge is 0.227 e. The minimum absolute atomic E-state index is 0.219. The molecule has 0 saturated carbocycles. The van der Waals surface area contributed by atoms with Crippen LogP contribution in [0.1, 0.15) is 0 Å². The number of β-amino-alcohol motifs (C(OH)–C–C–N with tert-alkyl or cyclic N) is 1. The first-order valence-electron chi connectivity index (χ1n) is 7.34. The van der Waals surface area contributed by atoms with Crippen molar-refractivity contribution in [3.8, 4) is 0 Å². The largest absolute Gasteiger partial charge is 0.395 e. The van der Waals surface area contributed by atoms with Gasteiger partial charge >= 0.3 is 0 Å². The fourth-order valence-electron chi connectivity index (χ4n) is 2.71. The molecule has 3 rings (SSSR count). The first kappa shape index (κ1) is 14.0. The second-order valence-corrected chi connectivity index (χ2v) is 5.19. The molecule has 0 atom stereocenters. The van der Waals surface area contributed by atoms with E-state index in [-0.39, 0.29) is 6.61 Å². The molecule has 0 amide bonds. The third-order valence-corrected chi connectivity index (χ3v) is 3.90. The molecule has 1 aliphatic heterocycles. The zero-order chi connectivity index (χ0) is 14.7. The Morgan fingerprint density at radius 2 is 1.90 bits per heavy atom. The summed E-state index contributed by atoms with van der Waals surface area (Å²) in [7, 11) is 1.89. The highest BCUT2D eigenvalue weighted by atomic mass is 16.3. The number of piperazine rings is 1. The van der Waals surface area contributed by atoms with Gasteiger partial charge in [0.25, 0.3) is 0 Å². The number of para-hydroxylation sites is 1. The Labute approximate surface area is 124 Å². The SMILES string of the molecule is CNc1nc(N2CCN(CCO)CC2)nc2ccccc12. The fourth-order valence-corrected chi connectivity index (χ4v) is 2.71. The van der Waals surface area contributed by atoms with Crippen molar-refractivity contribution < 1.29 is 5.11 Å². The van der Waals surface area contributed by atoms with Crippen LogP contribution in [-0.4, -0.2) is 66.4 Å². The molecule has 0 spiro atoms. The Morgan fingerprint density at radius 1 is 1.14 bits per heavy atom. The summed E-state index contributed by atoms with van der Waals surface area (Å²) in [6, 6.07) is 8.05. The average Bonchev–Trinajstić information content (AvgIpc) is 2.55. The zero-order valence-electron chi connectivity index (χ0n) is 12.3. The number of fused-ring (bicyclic) bond motifs is 1. The number of aromatic nitrogens is 2. The topological polar surface area (TPSA) is 64.5 Å². The van der Waals surface area contributed by atoms with Gasteiger partial charge in [0, 0.05) is 45.2 Å². The van der Waals surface area contributed by atoms with Crippen molar-refractivity contribution in [2.75, 3.05) is 56.6 Å². The van der Waals surface area contributed by atoms with Gasteiger partial charge in [-0.3, -0.25) is 4.90 Å². The van der Waals surface area contributed by atoms with Gasteiger partial charge in [0.05, 0.1) is 12.1 Å². The fraction of sp³-hybridized carbons (Fsp3) is 0.467. The number of aliphatic hydroxyl groups excluding tert-OH is 1. The van der Waals surface area contributed by atoms with Crippen molar-refractivity contribution in [2.45, 2.75) is 0 Å². The van der Waals surface area contributed by atoms with Gasteiger partial charge in [0.15, 0.2) is 0 Å². The number of aliphatic hydroxyl groups is 1. The lowest BCUT2D eigenvalue weighted by Crippen LogP contribution is -2.47. The van der Waals surface area contributed by atoms with Crippen LogP contribution < -0.4 is 10.2 Å². The predicted molar refractivity (Wildman–Crippen MR) is 84.8 cm³/mol. The van der Waals surface area contributed by atoms with E-state index in [1.165, 1.54) is 0 Å². The van der Waals surface area contributed by atoms with E-state index < -0.39 is 0 Å². The van der Waals surface area contributed by atoms with Crippen molar-refractivity contribution in [1.29, 1.82) is 0 Å². The van der Waals surface area contributed by atoms with E-state index in [9.17, 15) is 0 Å². The molecule has 6 heteroatoms. The molecule has 1 aliphatic rings. The van der Waals surface area contributed by atoms with Crippen LogP contribution in [-0.2, 0) is 0 Å². The van der Waals surface area contributed by atoms with Gasteiger partial charge in [-0.2, -0.15) is 4.98 Å². The molecule has 2 heterocycles. The van der Waals surface area contributed by atoms with Gasteiger partial charge in [0.2, 0.25) is 5.95 Å². The van der Waals surface area contributed by atoms with Crippen LogP contribution in [0, 0.1) is 0 Å². The zero-order valence-corrected chi connectivity index (χ0v) is 12.3. The highest BCUT2D eigenvalue weighted by Gasteiger charge is 2.19. The quantitative estimate of drug-likeness (QED) is 0.866. The average molecular weight is 287 g/mol. The third-order valence-electron chi connectivity index (χ3n) is 3.90. The van der Waals surface area contributed by atoms with Crippen molar-refractivity contribution >= 4 is 22.7 Å². The second kappa shape index (κ2) is 6.24. The molecule has 1 aromatic heterocycles. The van der Waals surface area contributed by atoms with Crippen molar-refractivity contribution in [1.82, 2.24) is 14.9 Å². The summed E-state index contributed by atoms with van der Waals surface area (Å²) in [5, 5.41) is 13.2. The Morgan fingerprint density at radius 3 is 2.62 bits per heavy atom. The van der Waals surface area contributed by atoms with Crippen LogP contribution >= 0.6 is 0 Å². The maximum atomic E-state index is 9.00. The molecule has 0 aliphatic carbocycles. The van der Waals surface area contributed by atoms with E-state index in [2.05, 4.69) is 25.1 Å². The standard InChI is InChI=1S/C15H21N5O/c1-16-14-12-4-2-3-5-13(12)17-15(18-14)20-8-6-19(7-9-20)10-11-21/h2-5,21H,6-11H2,1H3,(H,16,17,18). The Bertz CT molecular complexity index is 610. The molecule has 6 nitrogen and oxygen atoms in total. The number of benzene rings is 1. The molecule has 21 heavy (non-hydrogen) atoms. The molecular weight excluding hydrogens is 266 g/mol. The van der Waals surface area contributed by atoms with Crippen LogP contribution in [0.5, 0.6) is 0 Å². The highest BCUT2D eigenvalue weighted by Crippen LogP contribution is 2.23. The van der Waals surface area contributed by atoms with Crippen LogP contribution in [0.3, 0.4) is 0 Å². The van der Waals surface area contributed by atoms with Gasteiger partial charge in [-0.25, -0.2) is 4.98 Å². The molecule has 1 fully saturated rings. The molecule has 0 bridgehead atoms. The number of hydrogen-bond acceptors (Lipinski definition) is 6. The maximum Gasteiger partial charge on any atom is 0.227 e. The minimum Gasteiger partial charge on any atom is -0.395 e. The van der Waals surface area contributed by atoms with Gasteiger partial charge in [-0.15, -0.1) is 0 Å². The molecule has 2 aromatic rings. The first-order valence-corrected chi connectivity index (χ1v) is 7.34. The monoisotopic (exact) mass is 287 g/mol. The van der Waals surface area contributed by atoms with E-state index in [0.717, 1.165) is 55.4 Å². The summed E-state index contributed by atoms with van der Waals surface area (Å²) in [6.45, 7) is 4.62. The van der Waals surface area contributed by atoms with E-state index in [4.69, 9.17) is 5.11 Å². The van der Waals surface area contributed by atoms with Crippen LogP contribution in [0.15, 0.2) is 24.3 Å². The number of anilines is 2. The molecular formula is C15H21N5O. The number of nitrogens with one attached hydrogen (secondary N) is 1. The molecule has 2 N–H and O–H groups in total. The summed E-state index contributed by atoms with van der Waals surface area (Å²) >= 11 is 0. The van der Waals surface area contributed by atoms with Crippen molar-refractivity contribution in [3.63, 3.8) is 0 Å². The Balaban J connectivity index is 1.84. The Kier molecular flexibility index (Phi) is 4.17. The molecule has 1 aromatic carbocycles. The van der Waals surface area contributed by atoms with E-state index >= 15 is 0 Å². The van der Waals surface area contributed by atoms with Crippen LogP contribution in [0.25, 0.3) is 10.9 Å². The van der Waals surface area contributed by atoms with E-state index in [0.29, 0.717) is 0 Å². The lowest BCUT2D eigenvalue weighted by atomic mass is 10.2. The number of nitrogens with zero attached hydrogens (tertiary/aromatic N) is 4. The summed E-state index contributed by atoms with van der Waals surface area (Å²) in [6.07, 6.45) is 0. The van der Waals surface area contributed by atoms with E-state index in [1.807, 2.05) is 31.3 Å². The highest BCUT2D eigenvalue weighted by molar-refractivity contribution is 5.89. The third kappa shape index (κ3) is 2.91. The maximum absolute atomic E-state index is 9.00.